The van der Waals surface area contributed by atoms with Gasteiger partial charge in [-0.3, -0.25) is 4.79 Å². The number of hydrogen-bond donors (Lipinski definition) is 2. The van der Waals surface area contributed by atoms with Crippen LogP contribution in [0.4, 0.5) is 10.1 Å². The fourth-order valence-corrected chi connectivity index (χ4v) is 3.52. The summed E-state index contributed by atoms with van der Waals surface area (Å²) in [4.78, 5) is 11.4. The van der Waals surface area contributed by atoms with Crippen molar-refractivity contribution in [2.75, 3.05) is 5.32 Å². The molecule has 0 aliphatic carbocycles. The fourth-order valence-electron chi connectivity index (χ4n) is 2.43. The zero-order valence-corrected chi connectivity index (χ0v) is 13.7. The molecule has 108 valence electrons. The zero-order valence-electron chi connectivity index (χ0n) is 10.8. The smallest absolute Gasteiger partial charge is 0.228 e. The van der Waals surface area contributed by atoms with Gasteiger partial charge in [0.1, 0.15) is 5.82 Å². The molecule has 0 radical (unpaired) electrons. The van der Waals surface area contributed by atoms with E-state index in [2.05, 4.69) is 27.9 Å². The van der Waals surface area contributed by atoms with Crippen LogP contribution in [-0.2, 0) is 11.2 Å². The van der Waals surface area contributed by atoms with Crippen LogP contribution in [0.25, 0.3) is 0 Å². The fraction of sp³-hybridized carbons (Fsp3) is 0.133. The Bertz CT molecular complexity index is 751. The summed E-state index contributed by atoms with van der Waals surface area (Å²) in [6.07, 6.45) is 0.326. The second-order valence-electron chi connectivity index (χ2n) is 4.90. The van der Waals surface area contributed by atoms with Crippen molar-refractivity contribution in [2.24, 2.45) is 5.73 Å². The number of rotatable bonds is 2. The van der Waals surface area contributed by atoms with Gasteiger partial charge >= 0.3 is 0 Å². The van der Waals surface area contributed by atoms with E-state index >= 15 is 0 Å². The Morgan fingerprint density at radius 2 is 2.05 bits per heavy atom. The Balaban J connectivity index is 2.04. The van der Waals surface area contributed by atoms with E-state index in [0.29, 0.717) is 11.4 Å². The minimum atomic E-state index is -0.467. The van der Waals surface area contributed by atoms with Crippen LogP contribution in [0.3, 0.4) is 0 Å². The van der Waals surface area contributed by atoms with Crippen molar-refractivity contribution in [3.63, 3.8) is 0 Å². The van der Waals surface area contributed by atoms with Crippen LogP contribution in [-0.4, -0.2) is 5.91 Å². The molecule has 21 heavy (non-hydrogen) atoms. The van der Waals surface area contributed by atoms with Crippen LogP contribution in [0.2, 0.25) is 5.02 Å². The number of carbonyl (C=O) groups is 1. The number of benzene rings is 2. The second kappa shape index (κ2) is 5.55. The summed E-state index contributed by atoms with van der Waals surface area (Å²) in [7, 11) is 0. The van der Waals surface area contributed by atoms with Gasteiger partial charge in [-0.25, -0.2) is 4.39 Å². The molecule has 1 unspecified atom stereocenters. The van der Waals surface area contributed by atoms with Crippen LogP contribution < -0.4 is 11.1 Å². The standard InChI is InChI=1S/C15H11ClFIN2O/c16-11-6-13-7(4-14(21)20-13)3-10(11)15(19)9-2-1-8(17)5-12(9)18/h1-3,5-6,15H,4,19H2,(H,20,21). The van der Waals surface area contributed by atoms with Gasteiger partial charge in [-0.05, 0) is 63.5 Å². The number of halogens is 3. The molecule has 2 aromatic rings. The maximum Gasteiger partial charge on any atom is 0.228 e. The lowest BCUT2D eigenvalue weighted by Gasteiger charge is -2.17. The highest BCUT2D eigenvalue weighted by Gasteiger charge is 2.23. The van der Waals surface area contributed by atoms with E-state index in [0.717, 1.165) is 25.9 Å². The predicted octanol–water partition coefficient (Wildman–Crippen LogP) is 3.63. The molecule has 0 spiro atoms. The maximum atomic E-state index is 13.2. The second-order valence-corrected chi connectivity index (χ2v) is 6.47. The number of anilines is 1. The van der Waals surface area contributed by atoms with Crippen LogP contribution in [0, 0.1) is 9.39 Å². The summed E-state index contributed by atoms with van der Waals surface area (Å²) in [5, 5.41) is 3.24. The summed E-state index contributed by atoms with van der Waals surface area (Å²) in [5.41, 5.74) is 9.43. The number of hydrogen-bond acceptors (Lipinski definition) is 2. The van der Waals surface area contributed by atoms with Crippen molar-refractivity contribution in [1.29, 1.82) is 0 Å². The Labute approximate surface area is 139 Å². The first kappa shape index (κ1) is 14.7. The molecule has 1 atom stereocenters. The molecule has 3 rings (SSSR count). The van der Waals surface area contributed by atoms with E-state index in [1.807, 2.05) is 6.07 Å². The summed E-state index contributed by atoms with van der Waals surface area (Å²) < 4.78 is 13.9. The van der Waals surface area contributed by atoms with Crippen molar-refractivity contribution >= 4 is 45.8 Å². The van der Waals surface area contributed by atoms with Gasteiger partial charge in [0.2, 0.25) is 5.91 Å². The normalized spacial score (nSPS) is 14.8. The van der Waals surface area contributed by atoms with Gasteiger partial charge in [0.15, 0.2) is 0 Å². The van der Waals surface area contributed by atoms with Gasteiger partial charge in [0.05, 0.1) is 12.5 Å². The Kier molecular flexibility index (Phi) is 3.90. The van der Waals surface area contributed by atoms with E-state index in [4.69, 9.17) is 17.3 Å². The van der Waals surface area contributed by atoms with Gasteiger partial charge in [0.25, 0.3) is 0 Å². The number of nitrogens with two attached hydrogens (primary N) is 1. The summed E-state index contributed by atoms with van der Waals surface area (Å²) in [6.45, 7) is 0. The SMILES string of the molecule is NC(c1cc2c(cc1Cl)NC(=O)C2)c1ccc(F)cc1I. The molecular formula is C15H11ClFIN2O. The van der Waals surface area contributed by atoms with Crippen molar-refractivity contribution in [3.05, 3.63) is 61.4 Å². The van der Waals surface area contributed by atoms with Crippen molar-refractivity contribution in [1.82, 2.24) is 0 Å². The highest BCUT2D eigenvalue weighted by atomic mass is 127. The molecule has 0 saturated heterocycles. The van der Waals surface area contributed by atoms with E-state index in [-0.39, 0.29) is 11.7 Å². The molecule has 0 bridgehead atoms. The Morgan fingerprint density at radius 3 is 2.76 bits per heavy atom. The van der Waals surface area contributed by atoms with E-state index < -0.39 is 6.04 Å². The van der Waals surface area contributed by atoms with Crippen LogP contribution in [0.5, 0.6) is 0 Å². The number of fused-ring (bicyclic) bond motifs is 1. The van der Waals surface area contributed by atoms with Gasteiger partial charge in [-0.1, -0.05) is 17.7 Å². The third-order valence-corrected chi connectivity index (χ3v) is 4.74. The first-order chi connectivity index (χ1) is 9.95. The summed E-state index contributed by atoms with van der Waals surface area (Å²) in [5.74, 6) is -0.353. The topological polar surface area (TPSA) is 55.1 Å². The molecule has 0 fully saturated rings. The van der Waals surface area contributed by atoms with Gasteiger partial charge in [0, 0.05) is 14.3 Å². The molecule has 1 amide bonds. The predicted molar refractivity (Wildman–Crippen MR) is 88.9 cm³/mol. The Morgan fingerprint density at radius 1 is 1.29 bits per heavy atom. The van der Waals surface area contributed by atoms with Crippen LogP contribution >= 0.6 is 34.2 Å². The molecule has 0 aromatic heterocycles. The molecule has 1 aliphatic heterocycles. The van der Waals surface area contributed by atoms with E-state index in [9.17, 15) is 9.18 Å². The highest BCUT2D eigenvalue weighted by Crippen LogP contribution is 2.35. The van der Waals surface area contributed by atoms with Crippen molar-refractivity contribution in [3.8, 4) is 0 Å². The molecule has 6 heteroatoms. The summed E-state index contributed by atoms with van der Waals surface area (Å²) in [6, 6.07) is 7.57. The molecular weight excluding hydrogens is 406 g/mol. The largest absolute Gasteiger partial charge is 0.325 e. The first-order valence-corrected chi connectivity index (χ1v) is 7.74. The number of carbonyl (C=O) groups excluding carboxylic acids is 1. The van der Waals surface area contributed by atoms with Gasteiger partial charge in [-0.15, -0.1) is 0 Å². The summed E-state index contributed by atoms with van der Waals surface area (Å²) >= 11 is 8.33. The van der Waals surface area contributed by atoms with Crippen molar-refractivity contribution < 1.29 is 9.18 Å². The zero-order chi connectivity index (χ0) is 15.1. The average Bonchev–Trinajstić information content (AvgIpc) is 2.76. The van der Waals surface area contributed by atoms with E-state index in [1.165, 1.54) is 12.1 Å². The monoisotopic (exact) mass is 416 g/mol. The lowest BCUT2D eigenvalue weighted by molar-refractivity contribution is -0.115. The molecule has 3 N–H and O–H groups in total. The molecule has 0 saturated carbocycles. The quantitative estimate of drug-likeness (QED) is 0.735. The van der Waals surface area contributed by atoms with Gasteiger partial charge < -0.3 is 11.1 Å². The third kappa shape index (κ3) is 2.77. The number of nitrogens with one attached hydrogen (secondary N) is 1. The minimum Gasteiger partial charge on any atom is -0.325 e. The highest BCUT2D eigenvalue weighted by molar-refractivity contribution is 14.1. The molecule has 2 aromatic carbocycles. The minimum absolute atomic E-state index is 0.0526. The molecule has 3 nitrogen and oxygen atoms in total. The third-order valence-electron chi connectivity index (χ3n) is 3.48. The lowest BCUT2D eigenvalue weighted by atomic mass is 9.97. The van der Waals surface area contributed by atoms with Crippen LogP contribution in [0.15, 0.2) is 30.3 Å². The lowest BCUT2D eigenvalue weighted by Crippen LogP contribution is -2.14. The molecule has 1 heterocycles. The number of amides is 1. The Hall–Kier alpha value is -1.18. The first-order valence-electron chi connectivity index (χ1n) is 6.28. The average molecular weight is 417 g/mol. The van der Waals surface area contributed by atoms with Crippen LogP contribution in [0.1, 0.15) is 22.7 Å². The van der Waals surface area contributed by atoms with Crippen molar-refractivity contribution in [2.45, 2.75) is 12.5 Å². The molecule has 1 aliphatic rings. The maximum absolute atomic E-state index is 13.2. The van der Waals surface area contributed by atoms with Gasteiger partial charge in [-0.2, -0.15) is 0 Å². The van der Waals surface area contributed by atoms with E-state index in [1.54, 1.807) is 12.1 Å².